The average molecular weight is 258 g/mol. The summed E-state index contributed by atoms with van der Waals surface area (Å²) in [6.45, 7) is 0. The number of benzene rings is 1. The first kappa shape index (κ1) is 11.4. The molecule has 1 heterocycles. The Labute approximate surface area is 101 Å². The molecule has 0 amide bonds. The maximum atomic E-state index is 13.6. The summed E-state index contributed by atoms with van der Waals surface area (Å²) in [7, 11) is 0. The van der Waals surface area contributed by atoms with E-state index in [-0.39, 0.29) is 11.1 Å². The zero-order valence-corrected chi connectivity index (χ0v) is 9.80. The van der Waals surface area contributed by atoms with Gasteiger partial charge in [0.1, 0.15) is 5.82 Å². The van der Waals surface area contributed by atoms with Crippen molar-refractivity contribution in [3.8, 4) is 0 Å². The normalized spacial score (nSPS) is 12.7. The van der Waals surface area contributed by atoms with E-state index in [1.165, 1.54) is 6.07 Å². The molecule has 6 heteroatoms. The molecule has 0 aliphatic carbocycles. The van der Waals surface area contributed by atoms with E-state index in [0.717, 1.165) is 11.7 Å². The maximum Gasteiger partial charge on any atom is 0.145 e. The highest BCUT2D eigenvalue weighted by Crippen LogP contribution is 2.22. The van der Waals surface area contributed by atoms with Crippen molar-refractivity contribution in [1.82, 2.24) is 8.75 Å². The smallest absolute Gasteiger partial charge is 0.145 e. The van der Waals surface area contributed by atoms with E-state index in [0.29, 0.717) is 17.7 Å². The SMILES string of the molecule is NC(Cc1cccc(Cl)c1F)c1cnsn1. The molecule has 0 spiro atoms. The number of hydrogen-bond acceptors (Lipinski definition) is 4. The van der Waals surface area contributed by atoms with Crippen LogP contribution in [0.25, 0.3) is 0 Å². The van der Waals surface area contributed by atoms with Crippen LogP contribution >= 0.6 is 23.3 Å². The highest BCUT2D eigenvalue weighted by Gasteiger charge is 2.13. The molecule has 1 aromatic heterocycles. The van der Waals surface area contributed by atoms with Crippen LogP contribution < -0.4 is 5.73 Å². The molecule has 0 radical (unpaired) electrons. The van der Waals surface area contributed by atoms with Gasteiger partial charge in [-0.25, -0.2) is 4.39 Å². The molecule has 0 saturated heterocycles. The Morgan fingerprint density at radius 2 is 2.31 bits per heavy atom. The first-order chi connectivity index (χ1) is 7.68. The van der Waals surface area contributed by atoms with Gasteiger partial charge in [-0.2, -0.15) is 8.75 Å². The minimum Gasteiger partial charge on any atom is -0.322 e. The predicted octanol–water partition coefficient (Wildman–Crippen LogP) is 2.57. The van der Waals surface area contributed by atoms with Crippen LogP contribution in [0.5, 0.6) is 0 Å². The molecule has 0 saturated carbocycles. The van der Waals surface area contributed by atoms with Gasteiger partial charge in [-0.3, -0.25) is 0 Å². The molecule has 2 N–H and O–H groups in total. The Hall–Kier alpha value is -1.04. The molecule has 2 aromatic rings. The molecule has 2 rings (SSSR count). The molecule has 1 unspecified atom stereocenters. The van der Waals surface area contributed by atoms with E-state index < -0.39 is 5.82 Å². The number of halogens is 2. The number of hydrogen-bond donors (Lipinski definition) is 1. The first-order valence-electron chi connectivity index (χ1n) is 4.64. The molecule has 84 valence electrons. The van der Waals surface area contributed by atoms with Crippen molar-refractivity contribution in [2.75, 3.05) is 0 Å². The summed E-state index contributed by atoms with van der Waals surface area (Å²) in [5.74, 6) is -0.414. The fraction of sp³-hybridized carbons (Fsp3) is 0.200. The molecule has 16 heavy (non-hydrogen) atoms. The topological polar surface area (TPSA) is 51.8 Å². The lowest BCUT2D eigenvalue weighted by atomic mass is 10.0. The second-order valence-corrected chi connectivity index (χ2v) is 4.32. The van der Waals surface area contributed by atoms with Crippen LogP contribution in [0.1, 0.15) is 17.3 Å². The number of nitrogens with zero attached hydrogens (tertiary/aromatic N) is 2. The molecular formula is C10H9ClFN3S. The minimum atomic E-state index is -0.414. The van der Waals surface area contributed by atoms with Gasteiger partial charge in [-0.05, 0) is 18.1 Å². The Morgan fingerprint density at radius 1 is 1.50 bits per heavy atom. The highest BCUT2D eigenvalue weighted by atomic mass is 35.5. The van der Waals surface area contributed by atoms with Crippen molar-refractivity contribution in [2.45, 2.75) is 12.5 Å². The summed E-state index contributed by atoms with van der Waals surface area (Å²) < 4.78 is 21.5. The van der Waals surface area contributed by atoms with Crippen LogP contribution in [0.3, 0.4) is 0 Å². The van der Waals surface area contributed by atoms with Gasteiger partial charge in [-0.1, -0.05) is 23.7 Å². The molecule has 0 aliphatic rings. The summed E-state index contributed by atoms with van der Waals surface area (Å²) >= 11 is 6.77. The van der Waals surface area contributed by atoms with E-state index >= 15 is 0 Å². The minimum absolute atomic E-state index is 0.112. The second kappa shape index (κ2) is 4.86. The summed E-state index contributed by atoms with van der Waals surface area (Å²) in [6.07, 6.45) is 1.95. The second-order valence-electron chi connectivity index (χ2n) is 3.36. The van der Waals surface area contributed by atoms with Crippen LogP contribution in [0.15, 0.2) is 24.4 Å². The predicted molar refractivity (Wildman–Crippen MR) is 62.0 cm³/mol. The van der Waals surface area contributed by atoms with Crippen molar-refractivity contribution >= 4 is 23.3 Å². The van der Waals surface area contributed by atoms with Crippen molar-refractivity contribution in [3.63, 3.8) is 0 Å². The van der Waals surface area contributed by atoms with Gasteiger partial charge in [0.15, 0.2) is 0 Å². The lowest BCUT2D eigenvalue weighted by molar-refractivity contribution is 0.591. The first-order valence-corrected chi connectivity index (χ1v) is 5.75. The quantitative estimate of drug-likeness (QED) is 0.920. The number of rotatable bonds is 3. The Bertz CT molecular complexity index is 475. The summed E-state index contributed by atoms with van der Waals surface area (Å²) in [5.41, 5.74) is 7.05. The van der Waals surface area contributed by atoms with Crippen LogP contribution in [-0.2, 0) is 6.42 Å². The summed E-state index contributed by atoms with van der Waals surface area (Å²) in [4.78, 5) is 0. The zero-order valence-electron chi connectivity index (χ0n) is 8.23. The van der Waals surface area contributed by atoms with Crippen LogP contribution in [0.4, 0.5) is 4.39 Å². The van der Waals surface area contributed by atoms with Crippen LogP contribution in [0.2, 0.25) is 5.02 Å². The Balaban J connectivity index is 2.18. The Kier molecular flexibility index (Phi) is 3.48. The van der Waals surface area contributed by atoms with Crippen LogP contribution in [-0.4, -0.2) is 8.75 Å². The third-order valence-corrected chi connectivity index (χ3v) is 3.01. The van der Waals surface area contributed by atoms with Crippen LogP contribution in [0, 0.1) is 5.82 Å². The third kappa shape index (κ3) is 2.37. The van der Waals surface area contributed by atoms with Gasteiger partial charge in [0, 0.05) is 0 Å². The van der Waals surface area contributed by atoms with E-state index in [1.54, 1.807) is 18.3 Å². The lowest BCUT2D eigenvalue weighted by Crippen LogP contribution is -2.14. The van der Waals surface area contributed by atoms with Gasteiger partial charge in [0.25, 0.3) is 0 Å². The third-order valence-electron chi connectivity index (χ3n) is 2.23. The monoisotopic (exact) mass is 257 g/mol. The van der Waals surface area contributed by atoms with Gasteiger partial charge in [-0.15, -0.1) is 0 Å². The van der Waals surface area contributed by atoms with E-state index in [9.17, 15) is 4.39 Å². The fourth-order valence-corrected chi connectivity index (χ4v) is 2.06. The molecule has 0 bridgehead atoms. The number of nitrogens with two attached hydrogens (primary N) is 1. The van der Waals surface area contributed by atoms with Gasteiger partial charge >= 0.3 is 0 Å². The number of aromatic nitrogens is 2. The highest BCUT2D eigenvalue weighted by molar-refractivity contribution is 6.99. The maximum absolute atomic E-state index is 13.6. The van der Waals surface area contributed by atoms with Gasteiger partial charge in [0.2, 0.25) is 0 Å². The van der Waals surface area contributed by atoms with E-state index in [2.05, 4.69) is 8.75 Å². The van der Waals surface area contributed by atoms with Crippen molar-refractivity contribution in [3.05, 3.63) is 46.5 Å². The van der Waals surface area contributed by atoms with Gasteiger partial charge < -0.3 is 5.73 Å². The molecular weight excluding hydrogens is 249 g/mol. The fourth-order valence-electron chi connectivity index (χ4n) is 1.38. The molecule has 1 atom stereocenters. The van der Waals surface area contributed by atoms with Crippen molar-refractivity contribution in [1.29, 1.82) is 0 Å². The standard InChI is InChI=1S/C10H9ClFN3S/c11-7-3-1-2-6(10(7)12)4-8(13)9-5-14-16-15-9/h1-3,5,8H,4,13H2. The molecule has 3 nitrogen and oxygen atoms in total. The molecule has 0 fully saturated rings. The zero-order chi connectivity index (χ0) is 11.5. The average Bonchev–Trinajstić information content (AvgIpc) is 2.78. The van der Waals surface area contributed by atoms with Gasteiger partial charge in [0.05, 0.1) is 34.7 Å². The van der Waals surface area contributed by atoms with Crippen molar-refractivity contribution in [2.24, 2.45) is 5.73 Å². The van der Waals surface area contributed by atoms with E-state index in [4.69, 9.17) is 17.3 Å². The summed E-state index contributed by atoms with van der Waals surface area (Å²) in [6, 6.07) is 4.52. The van der Waals surface area contributed by atoms with E-state index in [1.807, 2.05) is 0 Å². The Morgan fingerprint density at radius 3 is 3.00 bits per heavy atom. The molecule has 1 aromatic carbocycles. The summed E-state index contributed by atoms with van der Waals surface area (Å²) in [5, 5.41) is 0.112. The largest absolute Gasteiger partial charge is 0.322 e. The van der Waals surface area contributed by atoms with Crippen molar-refractivity contribution < 1.29 is 4.39 Å². The lowest BCUT2D eigenvalue weighted by Gasteiger charge is -2.09. The molecule has 0 aliphatic heterocycles.